The van der Waals surface area contributed by atoms with Crippen molar-refractivity contribution in [3.63, 3.8) is 0 Å². The van der Waals surface area contributed by atoms with E-state index >= 15 is 0 Å². The van der Waals surface area contributed by atoms with E-state index in [2.05, 4.69) is 0 Å². The highest BCUT2D eigenvalue weighted by Crippen LogP contribution is 2.27. The summed E-state index contributed by atoms with van der Waals surface area (Å²) < 4.78 is 25.0. The van der Waals surface area contributed by atoms with Gasteiger partial charge >= 0.3 is 5.97 Å². The molecule has 0 aliphatic carbocycles. The molecular weight excluding hydrogens is 266 g/mol. The summed E-state index contributed by atoms with van der Waals surface area (Å²) in [7, 11) is -1.46. The molecule has 6 heteroatoms. The number of benzene rings is 1. The summed E-state index contributed by atoms with van der Waals surface area (Å²) in [6, 6.07) is 4.81. The lowest BCUT2D eigenvalue weighted by Crippen LogP contribution is -2.02. The summed E-state index contributed by atoms with van der Waals surface area (Å²) in [5.41, 5.74) is 2.33. The molecule has 1 aromatic heterocycles. The Labute approximate surface area is 111 Å². The number of rotatable bonds is 3. The Morgan fingerprint density at radius 2 is 2.00 bits per heavy atom. The zero-order valence-corrected chi connectivity index (χ0v) is 11.8. The van der Waals surface area contributed by atoms with E-state index in [1.54, 1.807) is 18.2 Å². The highest BCUT2D eigenvalue weighted by Gasteiger charge is 2.17. The van der Waals surface area contributed by atoms with Crippen LogP contribution >= 0.6 is 0 Å². The van der Waals surface area contributed by atoms with Gasteiger partial charge in [0.2, 0.25) is 0 Å². The molecule has 0 atom stereocenters. The Hall–Kier alpha value is -1.82. The van der Waals surface area contributed by atoms with E-state index in [9.17, 15) is 13.2 Å². The molecule has 2 rings (SSSR count). The van der Waals surface area contributed by atoms with E-state index in [1.807, 2.05) is 18.5 Å². The third kappa shape index (κ3) is 2.35. The fourth-order valence-electron chi connectivity index (χ4n) is 2.23. The lowest BCUT2D eigenvalue weighted by Gasteiger charge is -2.01. The van der Waals surface area contributed by atoms with Crippen molar-refractivity contribution in [2.75, 3.05) is 6.26 Å². The normalized spacial score (nSPS) is 11.9. The van der Waals surface area contributed by atoms with Crippen LogP contribution in [0.25, 0.3) is 10.9 Å². The molecule has 0 bridgehead atoms. The van der Waals surface area contributed by atoms with Crippen molar-refractivity contribution >= 4 is 26.7 Å². The summed E-state index contributed by atoms with van der Waals surface area (Å²) in [6.07, 6.45) is 1.03. The Kier molecular flexibility index (Phi) is 3.14. The minimum Gasteiger partial charge on any atom is -0.481 e. The van der Waals surface area contributed by atoms with Crippen LogP contribution in [0.3, 0.4) is 0 Å². The topological polar surface area (TPSA) is 76.4 Å². The van der Waals surface area contributed by atoms with Crippen LogP contribution in [0.5, 0.6) is 0 Å². The van der Waals surface area contributed by atoms with E-state index < -0.39 is 15.8 Å². The number of carboxylic acids is 1. The van der Waals surface area contributed by atoms with Crippen molar-refractivity contribution in [2.45, 2.75) is 18.2 Å². The molecule has 0 spiro atoms. The summed E-state index contributed by atoms with van der Waals surface area (Å²) in [4.78, 5) is 11.1. The van der Waals surface area contributed by atoms with Gasteiger partial charge < -0.3 is 9.67 Å². The highest BCUT2D eigenvalue weighted by atomic mass is 32.2. The van der Waals surface area contributed by atoms with Gasteiger partial charge in [0.15, 0.2) is 9.84 Å². The molecule has 1 heterocycles. The largest absolute Gasteiger partial charge is 0.481 e. The average molecular weight is 281 g/mol. The Bertz CT molecular complexity index is 772. The number of hydrogen-bond donors (Lipinski definition) is 1. The maximum atomic E-state index is 11.6. The summed E-state index contributed by atoms with van der Waals surface area (Å²) >= 11 is 0. The lowest BCUT2D eigenvalue weighted by molar-refractivity contribution is -0.136. The fourth-order valence-corrected chi connectivity index (χ4v) is 2.88. The average Bonchev–Trinajstić information content (AvgIpc) is 2.53. The van der Waals surface area contributed by atoms with Crippen LogP contribution in [0.15, 0.2) is 23.1 Å². The van der Waals surface area contributed by atoms with Gasteiger partial charge in [-0.1, -0.05) is 0 Å². The first-order valence-corrected chi connectivity index (χ1v) is 7.60. The van der Waals surface area contributed by atoms with Crippen molar-refractivity contribution in [1.82, 2.24) is 4.57 Å². The zero-order valence-electron chi connectivity index (χ0n) is 11.0. The monoisotopic (exact) mass is 281 g/mol. The molecule has 0 fully saturated rings. The Morgan fingerprint density at radius 1 is 1.37 bits per heavy atom. The zero-order chi connectivity index (χ0) is 14.4. The summed E-state index contributed by atoms with van der Waals surface area (Å²) in [5, 5.41) is 9.65. The van der Waals surface area contributed by atoms with E-state index in [0.29, 0.717) is 10.9 Å². The first-order chi connectivity index (χ1) is 8.71. The SMILES string of the molecule is Cc1c(CC(=O)O)c2cc(S(C)(=O)=O)ccc2n1C. The van der Waals surface area contributed by atoms with Crippen LogP contribution < -0.4 is 0 Å². The number of carboxylic acid groups (broad SMARTS) is 1. The smallest absolute Gasteiger partial charge is 0.307 e. The van der Waals surface area contributed by atoms with Gasteiger partial charge in [0.05, 0.1) is 11.3 Å². The molecule has 102 valence electrons. The summed E-state index contributed by atoms with van der Waals surface area (Å²) in [6.45, 7) is 1.83. The predicted molar refractivity (Wildman–Crippen MR) is 72.1 cm³/mol. The number of aromatic nitrogens is 1. The minimum absolute atomic E-state index is 0.115. The van der Waals surface area contributed by atoms with Gasteiger partial charge in [0, 0.05) is 29.9 Å². The van der Waals surface area contributed by atoms with E-state index in [4.69, 9.17) is 5.11 Å². The van der Waals surface area contributed by atoms with Crippen LogP contribution in [-0.4, -0.2) is 30.3 Å². The number of sulfone groups is 1. The number of carbonyl (C=O) groups is 1. The second-order valence-electron chi connectivity index (χ2n) is 4.64. The molecule has 0 saturated carbocycles. The molecule has 0 aliphatic heterocycles. The van der Waals surface area contributed by atoms with Gasteiger partial charge in [-0.15, -0.1) is 0 Å². The Morgan fingerprint density at radius 3 is 2.53 bits per heavy atom. The molecule has 0 aliphatic rings. The predicted octanol–water partition coefficient (Wildman–Crippen LogP) is 1.52. The summed E-state index contributed by atoms with van der Waals surface area (Å²) in [5.74, 6) is -0.930. The first-order valence-electron chi connectivity index (χ1n) is 5.71. The van der Waals surface area contributed by atoms with Crippen LogP contribution in [0.2, 0.25) is 0 Å². The molecule has 2 aromatic rings. The van der Waals surface area contributed by atoms with Crippen molar-refractivity contribution in [1.29, 1.82) is 0 Å². The highest BCUT2D eigenvalue weighted by molar-refractivity contribution is 7.90. The molecule has 1 aromatic carbocycles. The van der Waals surface area contributed by atoms with Crippen LogP contribution in [0, 0.1) is 6.92 Å². The fraction of sp³-hybridized carbons (Fsp3) is 0.308. The molecule has 19 heavy (non-hydrogen) atoms. The molecule has 0 amide bonds. The third-order valence-corrected chi connectivity index (χ3v) is 4.46. The standard InChI is InChI=1S/C13H15NO4S/c1-8-10(7-13(15)16)11-6-9(19(3,17)18)4-5-12(11)14(8)2/h4-6H,7H2,1-3H3,(H,15,16). The first kappa shape index (κ1) is 13.6. The second kappa shape index (κ2) is 4.38. The van der Waals surface area contributed by atoms with Crippen LogP contribution in [0.1, 0.15) is 11.3 Å². The molecule has 0 saturated heterocycles. The third-order valence-electron chi connectivity index (χ3n) is 3.35. The maximum absolute atomic E-state index is 11.6. The van der Waals surface area contributed by atoms with E-state index in [0.717, 1.165) is 17.5 Å². The van der Waals surface area contributed by atoms with Crippen LogP contribution in [-0.2, 0) is 28.1 Å². The number of fused-ring (bicyclic) bond motifs is 1. The van der Waals surface area contributed by atoms with Gasteiger partial charge in [-0.2, -0.15) is 0 Å². The number of aliphatic carboxylic acids is 1. The van der Waals surface area contributed by atoms with E-state index in [1.165, 1.54) is 0 Å². The van der Waals surface area contributed by atoms with Gasteiger partial charge in [-0.3, -0.25) is 4.79 Å². The second-order valence-corrected chi connectivity index (χ2v) is 6.66. The lowest BCUT2D eigenvalue weighted by atomic mass is 10.1. The van der Waals surface area contributed by atoms with Crippen molar-refractivity contribution < 1.29 is 18.3 Å². The van der Waals surface area contributed by atoms with E-state index in [-0.39, 0.29) is 11.3 Å². The molecule has 5 nitrogen and oxygen atoms in total. The molecule has 0 radical (unpaired) electrons. The minimum atomic E-state index is -3.30. The number of hydrogen-bond acceptors (Lipinski definition) is 3. The van der Waals surface area contributed by atoms with Gasteiger partial charge in [0.1, 0.15) is 0 Å². The van der Waals surface area contributed by atoms with Gasteiger partial charge in [0.25, 0.3) is 0 Å². The molecular formula is C13H15NO4S. The maximum Gasteiger partial charge on any atom is 0.307 e. The Balaban J connectivity index is 2.80. The van der Waals surface area contributed by atoms with Crippen molar-refractivity contribution in [3.05, 3.63) is 29.5 Å². The van der Waals surface area contributed by atoms with Crippen molar-refractivity contribution in [2.24, 2.45) is 7.05 Å². The van der Waals surface area contributed by atoms with Crippen molar-refractivity contribution in [3.8, 4) is 0 Å². The molecule has 0 unspecified atom stereocenters. The van der Waals surface area contributed by atoms with Crippen LogP contribution in [0.4, 0.5) is 0 Å². The van der Waals surface area contributed by atoms with Gasteiger partial charge in [-0.25, -0.2) is 8.42 Å². The number of aryl methyl sites for hydroxylation is 1. The number of nitrogens with zero attached hydrogens (tertiary/aromatic N) is 1. The molecule has 1 N–H and O–H groups in total. The quantitative estimate of drug-likeness (QED) is 0.925. The van der Waals surface area contributed by atoms with Gasteiger partial charge in [-0.05, 0) is 30.7 Å².